The number of hydrogen-bond acceptors (Lipinski definition) is 7. The van der Waals surface area contributed by atoms with Crippen LogP contribution in [-0.4, -0.2) is 62.6 Å². The van der Waals surface area contributed by atoms with Crippen molar-refractivity contribution in [2.24, 2.45) is 5.73 Å². The highest BCUT2D eigenvalue weighted by Crippen LogP contribution is 2.30. The number of ether oxygens (including phenoxy) is 2. The fraction of sp³-hybridized carbons (Fsp3) is 0.342. The summed E-state index contributed by atoms with van der Waals surface area (Å²) in [4.78, 5) is 61.8. The molecule has 4 rings (SSSR count). The molecule has 0 aliphatic rings. The molecule has 0 aliphatic heterocycles. The molecule has 4 aromatic rings. The van der Waals surface area contributed by atoms with E-state index < -0.39 is 41.6 Å². The quantitative estimate of drug-likeness (QED) is 0.140. The Morgan fingerprint density at radius 2 is 1.64 bits per heavy atom. The summed E-state index contributed by atoms with van der Waals surface area (Å²) in [6, 6.07) is 14.3. The van der Waals surface area contributed by atoms with Crippen LogP contribution in [0.1, 0.15) is 88.1 Å². The van der Waals surface area contributed by atoms with Crippen LogP contribution >= 0.6 is 0 Å². The van der Waals surface area contributed by atoms with E-state index in [4.69, 9.17) is 20.2 Å². The van der Waals surface area contributed by atoms with Gasteiger partial charge in [-0.05, 0) is 94.5 Å². The van der Waals surface area contributed by atoms with Gasteiger partial charge in [-0.25, -0.2) is 14.6 Å². The van der Waals surface area contributed by atoms with Gasteiger partial charge in [0.2, 0.25) is 11.8 Å². The second-order valence-electron chi connectivity index (χ2n) is 13.3. The van der Waals surface area contributed by atoms with Crippen molar-refractivity contribution in [2.75, 3.05) is 7.11 Å². The fourth-order valence-corrected chi connectivity index (χ4v) is 5.94. The molecule has 12 nitrogen and oxygen atoms in total. The summed E-state index contributed by atoms with van der Waals surface area (Å²) in [6.45, 7) is 12.3. The summed E-state index contributed by atoms with van der Waals surface area (Å²) in [5.74, 6) is -1.52. The van der Waals surface area contributed by atoms with Gasteiger partial charge in [-0.3, -0.25) is 9.59 Å². The van der Waals surface area contributed by atoms with Crippen molar-refractivity contribution in [1.29, 1.82) is 0 Å². The molecular formula is C38H45N5O7. The number of nitrogens with zero attached hydrogens (tertiary/aromatic N) is 2. The van der Waals surface area contributed by atoms with Gasteiger partial charge in [0, 0.05) is 30.3 Å². The van der Waals surface area contributed by atoms with Crippen LogP contribution in [0.5, 0.6) is 5.75 Å². The number of aromatic carboxylic acids is 1. The Morgan fingerprint density at radius 3 is 2.20 bits per heavy atom. The molecule has 5 N–H and O–H groups in total. The van der Waals surface area contributed by atoms with Crippen molar-refractivity contribution < 1.29 is 33.8 Å². The summed E-state index contributed by atoms with van der Waals surface area (Å²) in [5.41, 5.74) is 9.85. The van der Waals surface area contributed by atoms with E-state index in [1.807, 2.05) is 51.1 Å². The number of carbonyl (C=O) groups excluding carboxylic acids is 3. The number of nitrogens with two attached hydrogens (primary N) is 1. The molecule has 0 bridgehead atoms. The van der Waals surface area contributed by atoms with Gasteiger partial charge in [0.25, 0.3) is 0 Å². The molecule has 0 saturated heterocycles. The van der Waals surface area contributed by atoms with Gasteiger partial charge in [-0.1, -0.05) is 36.4 Å². The molecule has 0 saturated carbocycles. The van der Waals surface area contributed by atoms with Crippen molar-refractivity contribution in [3.63, 3.8) is 0 Å². The van der Waals surface area contributed by atoms with Gasteiger partial charge < -0.3 is 35.5 Å². The normalized spacial score (nSPS) is 12.5. The minimum atomic E-state index is -1.17. The largest absolute Gasteiger partial charge is 0.496 e. The number of amides is 3. The smallest absolute Gasteiger partial charge is 0.408 e. The SMILES string of the molecule is COc1c(C)cc(CN(C(=O)[C@H](Cc2c(C)cc(C(N)=O)cc2C)NC(=O)OC(C)(C)C)[C@@H](C)c2nc(-c3ccccc3)c[nH]2)cc1C(=O)O. The lowest BCUT2D eigenvalue weighted by Crippen LogP contribution is -2.51. The van der Waals surface area contributed by atoms with Gasteiger partial charge >= 0.3 is 12.1 Å². The molecule has 0 radical (unpaired) electrons. The number of benzene rings is 3. The zero-order valence-electron chi connectivity index (χ0n) is 29.7. The molecule has 12 heteroatoms. The Labute approximate surface area is 292 Å². The number of carbonyl (C=O) groups is 4. The van der Waals surface area contributed by atoms with E-state index in [9.17, 15) is 24.3 Å². The van der Waals surface area contributed by atoms with Crippen LogP contribution in [0.4, 0.5) is 4.79 Å². The monoisotopic (exact) mass is 683 g/mol. The maximum Gasteiger partial charge on any atom is 0.408 e. The van der Waals surface area contributed by atoms with E-state index in [2.05, 4.69) is 10.3 Å². The van der Waals surface area contributed by atoms with E-state index in [0.717, 1.165) is 22.3 Å². The number of hydrogen-bond donors (Lipinski definition) is 4. The standard InChI is InChI=1S/C38H45N5O7/c1-21-15-27(33(39)44)16-22(2)28(21)18-30(42-37(48)50-38(5,6)7)35(45)43(20-25-14-23(3)32(49-8)29(17-25)36(46)47)24(4)34-40-19-31(41-34)26-12-10-9-11-13-26/h9-17,19,24,30H,18,20H2,1-8H3,(H2,39,44)(H,40,41)(H,42,48)(H,46,47)/t24-,30-/m0/s1. The molecule has 3 aromatic carbocycles. The summed E-state index contributed by atoms with van der Waals surface area (Å²) >= 11 is 0. The van der Waals surface area contributed by atoms with Crippen molar-refractivity contribution >= 4 is 23.9 Å². The van der Waals surface area contributed by atoms with Gasteiger partial charge in [0.15, 0.2) is 0 Å². The predicted molar refractivity (Wildman–Crippen MR) is 189 cm³/mol. The van der Waals surface area contributed by atoms with Crippen LogP contribution in [0.25, 0.3) is 11.3 Å². The Morgan fingerprint density at radius 1 is 1.00 bits per heavy atom. The summed E-state index contributed by atoms with van der Waals surface area (Å²) in [6.07, 6.45) is 1.03. The number of aromatic amines is 1. The maximum absolute atomic E-state index is 14.9. The van der Waals surface area contributed by atoms with Crippen molar-refractivity contribution in [1.82, 2.24) is 20.2 Å². The number of methoxy groups -OCH3 is 1. The van der Waals surface area contributed by atoms with Crippen molar-refractivity contribution in [3.8, 4) is 17.0 Å². The van der Waals surface area contributed by atoms with Crippen LogP contribution in [-0.2, 0) is 22.5 Å². The molecule has 0 fully saturated rings. The van der Waals surface area contributed by atoms with E-state index in [0.29, 0.717) is 28.2 Å². The molecule has 0 spiro atoms. The minimum Gasteiger partial charge on any atom is -0.496 e. The number of carboxylic acids is 1. The van der Waals surface area contributed by atoms with Crippen LogP contribution in [0.2, 0.25) is 0 Å². The number of nitrogens with one attached hydrogen (secondary N) is 2. The van der Waals surface area contributed by atoms with E-state index in [-0.39, 0.29) is 24.3 Å². The first-order valence-corrected chi connectivity index (χ1v) is 16.2. The third kappa shape index (κ3) is 8.87. The first-order valence-electron chi connectivity index (χ1n) is 16.2. The lowest BCUT2D eigenvalue weighted by molar-refractivity contribution is -0.136. The summed E-state index contributed by atoms with van der Waals surface area (Å²) in [5, 5.41) is 12.8. The molecule has 264 valence electrons. The van der Waals surface area contributed by atoms with E-state index in [1.165, 1.54) is 13.2 Å². The molecule has 1 aromatic heterocycles. The predicted octanol–water partition coefficient (Wildman–Crippen LogP) is 6.03. The molecule has 0 unspecified atom stereocenters. The third-order valence-corrected chi connectivity index (χ3v) is 8.31. The third-order valence-electron chi connectivity index (χ3n) is 8.31. The zero-order valence-corrected chi connectivity index (χ0v) is 29.7. The number of alkyl carbamates (subject to hydrolysis) is 1. The molecule has 50 heavy (non-hydrogen) atoms. The highest BCUT2D eigenvalue weighted by molar-refractivity contribution is 5.93. The number of imidazole rings is 1. The molecule has 3 amide bonds. The molecule has 1 heterocycles. The van der Waals surface area contributed by atoms with E-state index in [1.54, 1.807) is 57.0 Å². The van der Waals surface area contributed by atoms with Crippen LogP contribution in [0, 0.1) is 20.8 Å². The van der Waals surface area contributed by atoms with Crippen molar-refractivity contribution in [3.05, 3.63) is 106 Å². The Hall–Kier alpha value is -5.65. The molecule has 0 aliphatic carbocycles. The number of aryl methyl sites for hydroxylation is 3. The van der Waals surface area contributed by atoms with Crippen molar-refractivity contribution in [2.45, 2.75) is 79.1 Å². The first kappa shape index (κ1) is 37.2. The summed E-state index contributed by atoms with van der Waals surface area (Å²) < 4.78 is 10.9. The average molecular weight is 684 g/mol. The highest BCUT2D eigenvalue weighted by Gasteiger charge is 2.34. The lowest BCUT2D eigenvalue weighted by atomic mass is 9.93. The summed E-state index contributed by atoms with van der Waals surface area (Å²) in [7, 11) is 1.40. The van der Waals surface area contributed by atoms with Gasteiger partial charge in [0.05, 0.1) is 18.8 Å². The number of primary amides is 1. The Bertz CT molecular complexity index is 1870. The first-order chi connectivity index (χ1) is 23.5. The highest BCUT2D eigenvalue weighted by atomic mass is 16.6. The Kier molecular flexibility index (Phi) is 11.4. The lowest BCUT2D eigenvalue weighted by Gasteiger charge is -2.33. The van der Waals surface area contributed by atoms with Crippen LogP contribution in [0.3, 0.4) is 0 Å². The maximum atomic E-state index is 14.9. The average Bonchev–Trinajstić information content (AvgIpc) is 3.54. The zero-order chi connectivity index (χ0) is 36.9. The Balaban J connectivity index is 1.83. The fourth-order valence-electron chi connectivity index (χ4n) is 5.94. The van der Waals surface area contributed by atoms with Crippen LogP contribution in [0.15, 0.2) is 60.8 Å². The number of rotatable bonds is 12. The topological polar surface area (TPSA) is 177 Å². The molecule has 2 atom stereocenters. The number of carboxylic acid groups (broad SMARTS) is 1. The van der Waals surface area contributed by atoms with Crippen LogP contribution < -0.4 is 15.8 Å². The number of aromatic nitrogens is 2. The second kappa shape index (κ2) is 15.3. The second-order valence-corrected chi connectivity index (χ2v) is 13.3. The number of H-pyrrole nitrogens is 1. The molecular weight excluding hydrogens is 638 g/mol. The van der Waals surface area contributed by atoms with Gasteiger partial charge in [-0.2, -0.15) is 0 Å². The minimum absolute atomic E-state index is 0.0302. The van der Waals surface area contributed by atoms with E-state index >= 15 is 0 Å². The van der Waals surface area contributed by atoms with Gasteiger partial charge in [-0.15, -0.1) is 0 Å². The van der Waals surface area contributed by atoms with Gasteiger partial charge in [0.1, 0.15) is 28.8 Å².